The lowest BCUT2D eigenvalue weighted by Gasteiger charge is -1.90. The normalized spacial score (nSPS) is 9.25. The highest BCUT2D eigenvalue weighted by Crippen LogP contribution is 1.95. The summed E-state index contributed by atoms with van der Waals surface area (Å²) in [5.74, 6) is 0. The van der Waals surface area contributed by atoms with Crippen LogP contribution in [0.3, 0.4) is 0 Å². The van der Waals surface area contributed by atoms with Gasteiger partial charge < -0.3 is 0 Å². The molecule has 0 aliphatic rings. The van der Waals surface area contributed by atoms with Crippen molar-refractivity contribution >= 4 is 0 Å². The Kier molecular flexibility index (Phi) is 1.24. The molecule has 0 aliphatic carbocycles. The van der Waals surface area contributed by atoms with E-state index >= 15 is 0 Å². The largest absolute Gasteiger partial charge is 0.234 e. The Morgan fingerprint density at radius 1 is 1.50 bits per heavy atom. The molecule has 2 nitrogen and oxygen atoms in total. The highest BCUT2D eigenvalue weighted by Gasteiger charge is 1.87. The molecule has 2 heteroatoms. The van der Waals surface area contributed by atoms with E-state index in [0.29, 0.717) is 0 Å². The Morgan fingerprint density at radius 3 is 2.62 bits per heavy atom. The third-order valence-electron chi connectivity index (χ3n) is 1.10. The van der Waals surface area contributed by atoms with E-state index in [9.17, 15) is 0 Å². The summed E-state index contributed by atoms with van der Waals surface area (Å²) in [6, 6.07) is 0. The second-order valence-electron chi connectivity index (χ2n) is 1.74. The van der Waals surface area contributed by atoms with Crippen molar-refractivity contribution < 1.29 is 0 Å². The molecule has 8 heavy (non-hydrogen) atoms. The van der Waals surface area contributed by atoms with E-state index < -0.39 is 0 Å². The van der Waals surface area contributed by atoms with Gasteiger partial charge in [-0.05, 0) is 19.4 Å². The summed E-state index contributed by atoms with van der Waals surface area (Å²) in [5.41, 5.74) is 2.11. The van der Waals surface area contributed by atoms with Crippen molar-refractivity contribution in [2.45, 2.75) is 13.8 Å². The molecule has 0 aliphatic heterocycles. The van der Waals surface area contributed by atoms with Gasteiger partial charge in [0.15, 0.2) is 6.33 Å². The first kappa shape index (κ1) is 5.22. The van der Waals surface area contributed by atoms with Crippen molar-refractivity contribution in [1.82, 2.24) is 9.97 Å². The van der Waals surface area contributed by atoms with Crippen LogP contribution in [0.2, 0.25) is 0 Å². The predicted octanol–water partition coefficient (Wildman–Crippen LogP) is 0.894. The minimum Gasteiger partial charge on any atom is -0.234 e. The van der Waals surface area contributed by atoms with E-state index in [1.54, 1.807) is 6.20 Å². The second-order valence-corrected chi connectivity index (χ2v) is 1.74. The molecule has 0 unspecified atom stereocenters. The average molecular weight is 107 g/mol. The molecule has 0 spiro atoms. The Balaban J connectivity index is 3.13. The number of nitrogens with zero attached hydrogens (tertiary/aromatic N) is 2. The molecule has 1 rings (SSSR count). The fourth-order valence-corrected chi connectivity index (χ4v) is 0.411. The topological polar surface area (TPSA) is 25.8 Å². The molecule has 0 fully saturated rings. The summed E-state index contributed by atoms with van der Waals surface area (Å²) >= 11 is 0. The van der Waals surface area contributed by atoms with Crippen LogP contribution in [-0.2, 0) is 0 Å². The third kappa shape index (κ3) is 0.832. The molecule has 0 saturated carbocycles. The average Bonchev–Trinajstić information content (AvgIpc) is 1.77. The maximum atomic E-state index is 3.84. The molecule has 1 aromatic rings. The maximum Gasteiger partial charge on any atom is 0.197 e. The summed E-state index contributed by atoms with van der Waals surface area (Å²) in [7, 11) is 0. The zero-order chi connectivity index (χ0) is 5.98. The maximum absolute atomic E-state index is 3.84. The van der Waals surface area contributed by atoms with Gasteiger partial charge in [-0.1, -0.05) is 0 Å². The molecule has 0 atom stereocenters. The van der Waals surface area contributed by atoms with E-state index in [4.69, 9.17) is 0 Å². The molecular weight excluding hydrogens is 100 g/mol. The molecule has 0 aromatic carbocycles. The Morgan fingerprint density at radius 2 is 2.25 bits per heavy atom. The predicted molar refractivity (Wildman–Crippen MR) is 30.3 cm³/mol. The number of aryl methyl sites for hydroxylation is 2. The lowest BCUT2D eigenvalue weighted by atomic mass is 10.3. The molecule has 1 radical (unpaired) electrons. The molecule has 1 aromatic heterocycles. The first-order valence-corrected chi connectivity index (χ1v) is 2.47. The molecule has 1 heterocycles. The van der Waals surface area contributed by atoms with Gasteiger partial charge in [-0.2, -0.15) is 0 Å². The number of rotatable bonds is 0. The first-order chi connectivity index (χ1) is 3.80. The summed E-state index contributed by atoms with van der Waals surface area (Å²) in [5, 5.41) is 0. The molecule has 0 amide bonds. The number of hydrogen-bond donors (Lipinski definition) is 0. The van der Waals surface area contributed by atoms with Crippen LogP contribution >= 0.6 is 0 Å². The van der Waals surface area contributed by atoms with Crippen molar-refractivity contribution in [2.24, 2.45) is 0 Å². The highest BCUT2D eigenvalue weighted by atomic mass is 14.8. The fourth-order valence-electron chi connectivity index (χ4n) is 0.411. The monoisotopic (exact) mass is 107 g/mol. The Labute approximate surface area is 48.6 Å². The van der Waals surface area contributed by atoms with E-state index in [1.807, 2.05) is 13.8 Å². The van der Waals surface area contributed by atoms with Gasteiger partial charge in [-0.3, -0.25) is 0 Å². The van der Waals surface area contributed by atoms with Crippen molar-refractivity contribution in [3.63, 3.8) is 0 Å². The number of aromatic nitrogens is 2. The molecule has 0 saturated heterocycles. The van der Waals surface area contributed by atoms with Gasteiger partial charge in [-0.15, -0.1) is 0 Å². The molecule has 0 bridgehead atoms. The summed E-state index contributed by atoms with van der Waals surface area (Å²) in [4.78, 5) is 7.55. The Bertz CT molecular complexity index is 163. The molecule has 41 valence electrons. The molecular formula is C6H7N2. The van der Waals surface area contributed by atoms with E-state index in [2.05, 4.69) is 16.3 Å². The van der Waals surface area contributed by atoms with Crippen LogP contribution in [0, 0.1) is 20.2 Å². The smallest absolute Gasteiger partial charge is 0.197 e. The van der Waals surface area contributed by atoms with Crippen LogP contribution in [0.5, 0.6) is 0 Å². The van der Waals surface area contributed by atoms with E-state index in [1.165, 1.54) is 0 Å². The van der Waals surface area contributed by atoms with Crippen LogP contribution in [0.15, 0.2) is 6.20 Å². The number of hydrogen-bond acceptors (Lipinski definition) is 2. The lowest BCUT2D eigenvalue weighted by molar-refractivity contribution is 1.05. The lowest BCUT2D eigenvalue weighted by Crippen LogP contribution is -1.86. The molecule has 0 N–H and O–H groups in total. The van der Waals surface area contributed by atoms with Gasteiger partial charge in [0.25, 0.3) is 0 Å². The van der Waals surface area contributed by atoms with Gasteiger partial charge in [-0.25, -0.2) is 9.97 Å². The minimum absolute atomic E-state index is 1.00. The van der Waals surface area contributed by atoms with Crippen molar-refractivity contribution in [2.75, 3.05) is 0 Å². The quantitative estimate of drug-likeness (QED) is 0.492. The SMILES string of the molecule is Cc1cn[c]nc1C. The first-order valence-electron chi connectivity index (χ1n) is 2.47. The van der Waals surface area contributed by atoms with Crippen LogP contribution in [0.25, 0.3) is 0 Å². The third-order valence-corrected chi connectivity index (χ3v) is 1.10. The van der Waals surface area contributed by atoms with Crippen LogP contribution < -0.4 is 0 Å². The van der Waals surface area contributed by atoms with Crippen molar-refractivity contribution in [1.29, 1.82) is 0 Å². The van der Waals surface area contributed by atoms with Gasteiger partial charge in [0.1, 0.15) is 0 Å². The zero-order valence-corrected chi connectivity index (χ0v) is 4.97. The van der Waals surface area contributed by atoms with Gasteiger partial charge in [0, 0.05) is 11.9 Å². The summed E-state index contributed by atoms with van der Waals surface area (Å²) in [6.45, 7) is 3.91. The standard InChI is InChI=1S/C6H7N2/c1-5-3-7-4-8-6(5)2/h3H,1-2H3. The van der Waals surface area contributed by atoms with Crippen LogP contribution in [0.1, 0.15) is 11.3 Å². The van der Waals surface area contributed by atoms with Crippen molar-refractivity contribution in [3.05, 3.63) is 23.8 Å². The van der Waals surface area contributed by atoms with Crippen molar-refractivity contribution in [3.8, 4) is 0 Å². The van der Waals surface area contributed by atoms with Crippen LogP contribution in [0.4, 0.5) is 0 Å². The summed E-state index contributed by atoms with van der Waals surface area (Å²) in [6.07, 6.45) is 4.25. The van der Waals surface area contributed by atoms with Gasteiger partial charge in [0.2, 0.25) is 0 Å². The highest BCUT2D eigenvalue weighted by molar-refractivity contribution is 5.10. The zero-order valence-electron chi connectivity index (χ0n) is 4.97. The van der Waals surface area contributed by atoms with E-state index in [0.717, 1.165) is 11.3 Å². The van der Waals surface area contributed by atoms with Crippen LogP contribution in [-0.4, -0.2) is 9.97 Å². The Hall–Kier alpha value is -0.920. The van der Waals surface area contributed by atoms with Gasteiger partial charge in [0.05, 0.1) is 0 Å². The fraction of sp³-hybridized carbons (Fsp3) is 0.333. The summed E-state index contributed by atoms with van der Waals surface area (Å²) < 4.78 is 0. The van der Waals surface area contributed by atoms with E-state index in [-0.39, 0.29) is 0 Å². The minimum atomic E-state index is 1.00. The van der Waals surface area contributed by atoms with Gasteiger partial charge >= 0.3 is 0 Å². The second kappa shape index (κ2) is 1.90.